The molecule has 1 fully saturated rings. The number of nitrogens with zero attached hydrogens (tertiary/aromatic N) is 4. The average molecular weight is 386 g/mol. The molecule has 1 aliphatic rings. The average Bonchev–Trinajstić information content (AvgIpc) is 2.92. The zero-order valence-corrected chi connectivity index (χ0v) is 15.8. The monoisotopic (exact) mass is 386 g/mol. The standard InChI is InChI=1S/C19H19FN4O2S/c1-13-9-14(2)24(22-13)16-11-23(12-16)27(25,26)17-5-3-15(4-6-17)18-7-8-21-10-19(18)20/h3-10,16H,11-12H2,1-2H3. The number of pyridine rings is 1. The van der Waals surface area contributed by atoms with E-state index in [1.54, 1.807) is 18.2 Å². The van der Waals surface area contributed by atoms with Crippen molar-refractivity contribution < 1.29 is 12.8 Å². The largest absolute Gasteiger partial charge is 0.264 e. The molecular weight excluding hydrogens is 367 g/mol. The van der Waals surface area contributed by atoms with Crippen molar-refractivity contribution in [2.75, 3.05) is 13.1 Å². The van der Waals surface area contributed by atoms with Gasteiger partial charge < -0.3 is 0 Å². The summed E-state index contributed by atoms with van der Waals surface area (Å²) in [5.74, 6) is -0.441. The summed E-state index contributed by atoms with van der Waals surface area (Å²) in [6.07, 6.45) is 2.64. The summed E-state index contributed by atoms with van der Waals surface area (Å²) >= 11 is 0. The number of aromatic nitrogens is 3. The van der Waals surface area contributed by atoms with E-state index in [-0.39, 0.29) is 10.9 Å². The van der Waals surface area contributed by atoms with Crippen LogP contribution in [0.2, 0.25) is 0 Å². The van der Waals surface area contributed by atoms with Gasteiger partial charge in [-0.2, -0.15) is 9.40 Å². The van der Waals surface area contributed by atoms with Crippen LogP contribution in [-0.2, 0) is 10.0 Å². The maximum absolute atomic E-state index is 13.8. The second-order valence-corrected chi connectivity index (χ2v) is 8.67. The first-order valence-corrected chi connectivity index (χ1v) is 10.0. The summed E-state index contributed by atoms with van der Waals surface area (Å²) < 4.78 is 42.8. The Kier molecular flexibility index (Phi) is 4.32. The zero-order valence-electron chi connectivity index (χ0n) is 15.0. The van der Waals surface area contributed by atoms with Crippen molar-refractivity contribution in [1.82, 2.24) is 19.1 Å². The molecular formula is C19H19FN4O2S. The molecule has 2 aromatic heterocycles. The van der Waals surface area contributed by atoms with Gasteiger partial charge in [-0.3, -0.25) is 9.67 Å². The Hall–Kier alpha value is -2.58. The Morgan fingerprint density at radius 1 is 1.11 bits per heavy atom. The smallest absolute Gasteiger partial charge is 0.243 e. The summed E-state index contributed by atoms with van der Waals surface area (Å²) in [6, 6.07) is 9.86. The highest BCUT2D eigenvalue weighted by Crippen LogP contribution is 2.30. The van der Waals surface area contributed by atoms with Crippen LogP contribution >= 0.6 is 0 Å². The third-order valence-electron chi connectivity index (χ3n) is 4.79. The molecule has 0 bridgehead atoms. The van der Waals surface area contributed by atoms with Crippen LogP contribution in [0.5, 0.6) is 0 Å². The number of rotatable bonds is 4. The van der Waals surface area contributed by atoms with E-state index in [0.717, 1.165) is 17.6 Å². The second kappa shape index (κ2) is 6.54. The molecule has 1 saturated heterocycles. The number of sulfonamides is 1. The first kappa shape index (κ1) is 17.8. The summed E-state index contributed by atoms with van der Waals surface area (Å²) in [5.41, 5.74) is 2.95. The highest BCUT2D eigenvalue weighted by atomic mass is 32.2. The van der Waals surface area contributed by atoms with Crippen LogP contribution in [0, 0.1) is 19.7 Å². The zero-order chi connectivity index (χ0) is 19.2. The van der Waals surface area contributed by atoms with Crippen molar-refractivity contribution in [3.05, 3.63) is 66.0 Å². The van der Waals surface area contributed by atoms with Crippen LogP contribution in [0.1, 0.15) is 17.4 Å². The molecule has 0 saturated carbocycles. The molecule has 4 rings (SSSR count). The highest BCUT2D eigenvalue weighted by molar-refractivity contribution is 7.89. The molecule has 8 heteroatoms. The van der Waals surface area contributed by atoms with Crippen molar-refractivity contribution in [2.45, 2.75) is 24.8 Å². The Bertz CT molecular complexity index is 1090. The lowest BCUT2D eigenvalue weighted by atomic mass is 10.1. The van der Waals surface area contributed by atoms with Gasteiger partial charge in [0.05, 0.1) is 22.8 Å². The van der Waals surface area contributed by atoms with Gasteiger partial charge >= 0.3 is 0 Å². The molecule has 0 unspecified atom stereocenters. The Labute approximate surface area is 157 Å². The van der Waals surface area contributed by atoms with E-state index >= 15 is 0 Å². The van der Waals surface area contributed by atoms with Crippen LogP contribution in [-0.4, -0.2) is 40.6 Å². The van der Waals surface area contributed by atoms with Crippen LogP contribution < -0.4 is 0 Å². The predicted octanol–water partition coefficient (Wildman–Crippen LogP) is 2.95. The van der Waals surface area contributed by atoms with Crippen LogP contribution in [0.3, 0.4) is 0 Å². The highest BCUT2D eigenvalue weighted by Gasteiger charge is 2.38. The molecule has 3 heterocycles. The summed E-state index contributed by atoms with van der Waals surface area (Å²) in [6.45, 7) is 4.67. The summed E-state index contributed by atoms with van der Waals surface area (Å²) in [4.78, 5) is 3.93. The lowest BCUT2D eigenvalue weighted by Crippen LogP contribution is -2.51. The van der Waals surface area contributed by atoms with Gasteiger partial charge in [-0.25, -0.2) is 12.8 Å². The molecule has 0 spiro atoms. The van der Waals surface area contributed by atoms with Crippen molar-refractivity contribution in [2.24, 2.45) is 0 Å². The van der Waals surface area contributed by atoms with E-state index in [1.165, 1.54) is 22.6 Å². The van der Waals surface area contributed by atoms with E-state index in [9.17, 15) is 12.8 Å². The van der Waals surface area contributed by atoms with Gasteiger partial charge in [0.2, 0.25) is 10.0 Å². The maximum Gasteiger partial charge on any atom is 0.243 e. The van der Waals surface area contributed by atoms with Crippen molar-refractivity contribution >= 4 is 10.0 Å². The fraction of sp³-hybridized carbons (Fsp3) is 0.263. The molecule has 27 heavy (non-hydrogen) atoms. The molecule has 140 valence electrons. The minimum atomic E-state index is -3.57. The third-order valence-corrected chi connectivity index (χ3v) is 6.64. The van der Waals surface area contributed by atoms with Crippen molar-refractivity contribution in [1.29, 1.82) is 0 Å². The van der Waals surface area contributed by atoms with Gasteiger partial charge in [-0.15, -0.1) is 0 Å². The SMILES string of the molecule is Cc1cc(C)n(C2CN(S(=O)(=O)c3ccc(-c4ccncc4F)cc3)C2)n1. The molecule has 0 aliphatic carbocycles. The van der Waals surface area contributed by atoms with Gasteiger partial charge in [0, 0.05) is 30.5 Å². The molecule has 3 aromatic rings. The number of halogens is 1. The Morgan fingerprint density at radius 2 is 1.81 bits per heavy atom. The molecule has 1 aliphatic heterocycles. The van der Waals surface area contributed by atoms with Gasteiger partial charge in [0.15, 0.2) is 0 Å². The minimum Gasteiger partial charge on any atom is -0.264 e. The van der Waals surface area contributed by atoms with E-state index < -0.39 is 15.8 Å². The van der Waals surface area contributed by atoms with Gasteiger partial charge in [0.25, 0.3) is 0 Å². The van der Waals surface area contributed by atoms with Crippen LogP contribution in [0.25, 0.3) is 11.1 Å². The number of aryl methyl sites for hydroxylation is 2. The fourth-order valence-electron chi connectivity index (χ4n) is 3.35. The quantitative estimate of drug-likeness (QED) is 0.691. The molecule has 0 radical (unpaired) electrons. The van der Waals surface area contributed by atoms with Crippen LogP contribution in [0.15, 0.2) is 53.7 Å². The Morgan fingerprint density at radius 3 is 2.41 bits per heavy atom. The van der Waals surface area contributed by atoms with Gasteiger partial charge in [-0.1, -0.05) is 12.1 Å². The normalized spacial score (nSPS) is 15.7. The van der Waals surface area contributed by atoms with E-state index in [4.69, 9.17) is 0 Å². The molecule has 0 amide bonds. The Balaban J connectivity index is 1.52. The topological polar surface area (TPSA) is 68.1 Å². The molecule has 1 aromatic carbocycles. The summed E-state index contributed by atoms with van der Waals surface area (Å²) in [7, 11) is -3.57. The predicted molar refractivity (Wildman–Crippen MR) is 99.1 cm³/mol. The maximum atomic E-state index is 13.8. The summed E-state index contributed by atoms with van der Waals surface area (Å²) in [5, 5.41) is 4.43. The molecule has 6 nitrogen and oxygen atoms in total. The number of hydrogen-bond acceptors (Lipinski definition) is 4. The van der Waals surface area contributed by atoms with Crippen molar-refractivity contribution in [3.8, 4) is 11.1 Å². The number of benzene rings is 1. The lowest BCUT2D eigenvalue weighted by molar-refractivity contribution is 0.188. The molecule has 0 atom stereocenters. The van der Waals surface area contributed by atoms with Gasteiger partial charge in [-0.05, 0) is 43.7 Å². The van der Waals surface area contributed by atoms with E-state index in [2.05, 4.69) is 10.1 Å². The van der Waals surface area contributed by atoms with Crippen LogP contribution in [0.4, 0.5) is 4.39 Å². The van der Waals surface area contributed by atoms with Crippen molar-refractivity contribution in [3.63, 3.8) is 0 Å². The lowest BCUT2D eigenvalue weighted by Gasteiger charge is -2.38. The fourth-order valence-corrected chi connectivity index (χ4v) is 4.86. The first-order valence-electron chi connectivity index (χ1n) is 8.59. The van der Waals surface area contributed by atoms with E-state index in [1.807, 2.05) is 24.6 Å². The minimum absolute atomic E-state index is 0.0543. The number of hydrogen-bond donors (Lipinski definition) is 0. The second-order valence-electron chi connectivity index (χ2n) is 6.73. The van der Waals surface area contributed by atoms with Gasteiger partial charge in [0.1, 0.15) is 5.82 Å². The first-order chi connectivity index (χ1) is 12.9. The third kappa shape index (κ3) is 3.15. The van der Waals surface area contributed by atoms with E-state index in [0.29, 0.717) is 24.2 Å². The molecule has 0 N–H and O–H groups in total.